The summed E-state index contributed by atoms with van der Waals surface area (Å²) >= 11 is 1.16. The van der Waals surface area contributed by atoms with Gasteiger partial charge in [-0.2, -0.15) is 6.08 Å². The second-order valence-electron chi connectivity index (χ2n) is 15.4. The van der Waals surface area contributed by atoms with Crippen molar-refractivity contribution in [3.63, 3.8) is 0 Å². The molecule has 0 fully saturated rings. The first-order valence-electron chi connectivity index (χ1n) is 18.6. The number of aryl methyl sites for hydroxylation is 2. The van der Waals surface area contributed by atoms with Gasteiger partial charge in [-0.15, -0.1) is 46.2 Å². The Bertz CT molecular complexity index is 1910. The Hall–Kier alpha value is -4.07. The maximum atomic E-state index is 3.73. The maximum Gasteiger partial charge on any atom is -0.0202 e. The van der Waals surface area contributed by atoms with Crippen molar-refractivity contribution in [2.45, 2.75) is 84.5 Å². The molecule has 1 aliphatic rings. The Morgan fingerprint density at radius 1 is 0.673 bits per heavy atom. The van der Waals surface area contributed by atoms with Crippen LogP contribution in [0.4, 0.5) is 0 Å². The molecular formula is C51H56Hf. The summed E-state index contributed by atoms with van der Waals surface area (Å²) in [6, 6.07) is 48.1. The van der Waals surface area contributed by atoms with Crippen LogP contribution in [0.1, 0.15) is 88.6 Å². The van der Waals surface area contributed by atoms with Crippen LogP contribution >= 0.6 is 0 Å². The molecule has 0 heterocycles. The average molecular weight is 847 g/mol. The van der Waals surface area contributed by atoms with E-state index in [1.54, 1.807) is 3.26 Å². The minimum absolute atomic E-state index is 0.203. The Labute approximate surface area is 329 Å². The van der Waals surface area contributed by atoms with E-state index in [0.717, 1.165) is 49.6 Å². The van der Waals surface area contributed by atoms with Crippen LogP contribution < -0.4 is 0 Å². The summed E-state index contributed by atoms with van der Waals surface area (Å²) in [6.07, 6.45) is 16.5. The number of hydrogen-bond acceptors (Lipinski definition) is 0. The predicted molar refractivity (Wildman–Crippen MR) is 226 cm³/mol. The van der Waals surface area contributed by atoms with Gasteiger partial charge in [-0.05, 0) is 34.8 Å². The molecule has 1 aliphatic carbocycles. The quantitative estimate of drug-likeness (QED) is 0.0853. The van der Waals surface area contributed by atoms with Crippen LogP contribution in [-0.4, -0.2) is 3.26 Å². The monoisotopic (exact) mass is 848 g/mol. The van der Waals surface area contributed by atoms with Crippen molar-refractivity contribution in [3.05, 3.63) is 198 Å². The Morgan fingerprint density at radius 3 is 1.50 bits per heavy atom. The number of rotatable bonds is 7. The molecule has 0 bridgehead atoms. The molecule has 1 heteroatoms. The third-order valence-electron chi connectivity index (χ3n) is 9.13. The van der Waals surface area contributed by atoms with Crippen LogP contribution in [0.3, 0.4) is 0 Å². The van der Waals surface area contributed by atoms with Crippen LogP contribution in [0.2, 0.25) is 0 Å². The van der Waals surface area contributed by atoms with Gasteiger partial charge >= 0.3 is 88.5 Å². The largest absolute Gasteiger partial charge is 0.273 e. The summed E-state index contributed by atoms with van der Waals surface area (Å²) in [7, 11) is 0. The summed E-state index contributed by atoms with van der Waals surface area (Å²) in [4.78, 5) is 0. The first-order valence-corrected chi connectivity index (χ1v) is 20.4. The summed E-state index contributed by atoms with van der Waals surface area (Å²) in [6.45, 7) is 17.4. The van der Waals surface area contributed by atoms with Gasteiger partial charge in [-0.25, -0.2) is 12.2 Å². The third-order valence-corrected chi connectivity index (χ3v) is 11.1. The number of hydrogen-bond donors (Lipinski definition) is 0. The van der Waals surface area contributed by atoms with E-state index in [9.17, 15) is 0 Å². The van der Waals surface area contributed by atoms with E-state index in [2.05, 4.69) is 194 Å². The Morgan fingerprint density at radius 2 is 1.13 bits per heavy atom. The fourth-order valence-corrected chi connectivity index (χ4v) is 7.02. The number of fused-ring (bicyclic) bond motifs is 3. The molecule has 6 aromatic carbocycles. The van der Waals surface area contributed by atoms with E-state index in [1.165, 1.54) is 55.8 Å². The molecule has 0 aliphatic heterocycles. The van der Waals surface area contributed by atoms with Crippen molar-refractivity contribution in [1.29, 1.82) is 0 Å². The van der Waals surface area contributed by atoms with Crippen molar-refractivity contribution in [1.82, 2.24) is 0 Å². The van der Waals surface area contributed by atoms with Gasteiger partial charge in [-0.1, -0.05) is 138 Å². The molecule has 0 nitrogen and oxygen atoms in total. The Balaban J connectivity index is 0.000000170. The van der Waals surface area contributed by atoms with Crippen molar-refractivity contribution >= 4 is 24.8 Å². The maximum absolute atomic E-state index is 3.73. The van der Waals surface area contributed by atoms with Crippen LogP contribution in [0.5, 0.6) is 0 Å². The van der Waals surface area contributed by atoms with E-state index < -0.39 is 0 Å². The van der Waals surface area contributed by atoms with Gasteiger partial charge < -0.3 is 0 Å². The normalized spacial score (nSPS) is 11.9. The Kier molecular flexibility index (Phi) is 15.8. The minimum Gasteiger partial charge on any atom is -0.273 e. The third kappa shape index (κ3) is 13.2. The van der Waals surface area contributed by atoms with Gasteiger partial charge in [0.05, 0.1) is 0 Å². The zero-order valence-electron chi connectivity index (χ0n) is 32.3. The molecule has 0 aromatic heterocycles. The molecule has 0 unspecified atom stereocenters. The number of allylic oxidation sites excluding steroid dienone is 5. The molecule has 6 aromatic rings. The van der Waals surface area contributed by atoms with Gasteiger partial charge in [0, 0.05) is 0 Å². The minimum atomic E-state index is 0.203. The van der Waals surface area contributed by atoms with E-state index >= 15 is 0 Å². The fourth-order valence-electron chi connectivity index (χ4n) is 5.90. The van der Waals surface area contributed by atoms with Crippen molar-refractivity contribution < 1.29 is 23.9 Å². The van der Waals surface area contributed by atoms with Crippen molar-refractivity contribution in [2.24, 2.45) is 0 Å². The average Bonchev–Trinajstić information content (AvgIpc) is 3.86. The van der Waals surface area contributed by atoms with Crippen LogP contribution in [-0.2, 0) is 47.6 Å². The van der Waals surface area contributed by atoms with Gasteiger partial charge in [0.1, 0.15) is 0 Å². The van der Waals surface area contributed by atoms with Crippen LogP contribution in [0.25, 0.3) is 21.5 Å². The topological polar surface area (TPSA) is 0 Å². The molecule has 0 N–H and O–H groups in total. The SMILES string of the molecule is C=CCC[C](=[Hf+2])c1ccccc1.CC(C)(C)c1ccc2c(c1)[cH-]c1cc(C(C)(C)C)ccc12.[C-]1=CC=CC1.c1ccc(CCc2ccccc2)cc1. The smallest absolute Gasteiger partial charge is 0.0202 e. The zero-order valence-corrected chi connectivity index (χ0v) is 35.8. The van der Waals surface area contributed by atoms with E-state index in [-0.39, 0.29) is 10.8 Å². The molecule has 0 amide bonds. The number of benzene rings is 5. The van der Waals surface area contributed by atoms with Crippen LogP contribution in [0.15, 0.2) is 164 Å². The van der Waals surface area contributed by atoms with Gasteiger partial charge in [0.25, 0.3) is 0 Å². The molecule has 0 atom stereocenters. The summed E-state index contributed by atoms with van der Waals surface area (Å²) in [5.41, 5.74) is 7.45. The fraction of sp³-hybridized carbons (Fsp3) is 0.255. The molecule has 0 saturated heterocycles. The second-order valence-corrected chi connectivity index (χ2v) is 17.6. The van der Waals surface area contributed by atoms with Gasteiger partial charge in [0.15, 0.2) is 0 Å². The van der Waals surface area contributed by atoms with E-state index in [4.69, 9.17) is 0 Å². The summed E-state index contributed by atoms with van der Waals surface area (Å²) in [5, 5.41) is 5.48. The molecule has 52 heavy (non-hydrogen) atoms. The predicted octanol–water partition coefficient (Wildman–Crippen LogP) is 13.8. The van der Waals surface area contributed by atoms with Crippen molar-refractivity contribution in [3.8, 4) is 0 Å². The standard InChI is InChI=1S/C21H25.C14H14.C11H12.C5H5.Hf/c1-20(2,3)16-7-9-18-14(12-16)11-15-13-17(21(4,5)6)8-10-19(15)18;1-3-7-13(8-4-1)11-12-14-9-5-2-6-10-14;1-2-3-5-8-11-9-6-4-7-10-11;1-2-4-5-3-1;/h7-13H,1-6H3;1-10H,11-12H2;2,4,6-7,9-10H,1,3,5H2;1-3H,4H2;/q-1;;;-1;+2. The molecule has 0 radical (unpaired) electrons. The summed E-state index contributed by atoms with van der Waals surface area (Å²) < 4.78 is 1.58. The molecule has 0 saturated carbocycles. The molecule has 264 valence electrons. The molecular weight excluding hydrogens is 791 g/mol. The van der Waals surface area contributed by atoms with Crippen molar-refractivity contribution in [2.75, 3.05) is 0 Å². The molecule has 7 rings (SSSR count). The molecule has 0 spiro atoms. The van der Waals surface area contributed by atoms with E-state index in [0.29, 0.717) is 0 Å². The van der Waals surface area contributed by atoms with E-state index in [1.807, 2.05) is 18.2 Å². The summed E-state index contributed by atoms with van der Waals surface area (Å²) in [5.74, 6) is 0. The zero-order chi connectivity index (χ0) is 37.4. The first-order chi connectivity index (χ1) is 25.0. The van der Waals surface area contributed by atoms with Crippen LogP contribution in [0, 0.1) is 6.08 Å². The van der Waals surface area contributed by atoms with Gasteiger partial charge in [-0.3, -0.25) is 6.08 Å². The van der Waals surface area contributed by atoms with Gasteiger partial charge in [0.2, 0.25) is 0 Å². The second kappa shape index (κ2) is 20.2. The first kappa shape index (κ1) is 40.7.